The number of carbonyl (C=O) groups excluding carboxylic acids is 2. The number of carbonyl (C=O) groups is 2. The minimum Gasteiger partial charge on any atom is -0.354 e. The summed E-state index contributed by atoms with van der Waals surface area (Å²) in [5, 5.41) is 2.70. The quantitative estimate of drug-likeness (QED) is 0.616. The van der Waals surface area contributed by atoms with Gasteiger partial charge in [-0.3, -0.25) is 9.59 Å². The molecule has 0 aromatic rings. The lowest BCUT2D eigenvalue weighted by atomic mass is 9.78. The molecule has 3 N–H and O–H groups in total. The monoisotopic (exact) mass is 213 g/mol. The molecule has 0 aromatic carbocycles. The highest BCUT2D eigenvalue weighted by molar-refractivity contribution is 5.96. The van der Waals surface area contributed by atoms with E-state index in [4.69, 9.17) is 5.73 Å². The zero-order valence-corrected chi connectivity index (χ0v) is 9.38. The predicted octanol–water partition coefficient (Wildman–Crippen LogP) is -0.538. The average molecular weight is 213 g/mol. The molecule has 0 radical (unpaired) electrons. The number of amides is 2. The lowest BCUT2D eigenvalue weighted by Gasteiger charge is -2.38. The van der Waals surface area contributed by atoms with Crippen LogP contribution in [0.3, 0.4) is 0 Å². The van der Waals surface area contributed by atoms with E-state index in [9.17, 15) is 9.59 Å². The van der Waals surface area contributed by atoms with Crippen molar-refractivity contribution in [3.63, 3.8) is 0 Å². The lowest BCUT2D eigenvalue weighted by Crippen LogP contribution is -2.55. The highest BCUT2D eigenvalue weighted by Crippen LogP contribution is 2.27. The first-order chi connectivity index (χ1) is 6.93. The van der Waals surface area contributed by atoms with Crippen LogP contribution in [-0.4, -0.2) is 42.9 Å². The van der Waals surface area contributed by atoms with Crippen LogP contribution in [0.5, 0.6) is 0 Å². The van der Waals surface area contributed by atoms with Crippen LogP contribution in [0.2, 0.25) is 0 Å². The molecule has 0 spiro atoms. The summed E-state index contributed by atoms with van der Waals surface area (Å²) < 4.78 is 0. The van der Waals surface area contributed by atoms with Crippen molar-refractivity contribution in [2.24, 2.45) is 5.73 Å². The van der Waals surface area contributed by atoms with Crippen molar-refractivity contribution in [1.82, 2.24) is 10.2 Å². The van der Waals surface area contributed by atoms with E-state index in [2.05, 4.69) is 5.32 Å². The fraction of sp³-hybridized carbons (Fsp3) is 0.800. The third kappa shape index (κ3) is 3.51. The maximum absolute atomic E-state index is 11.3. The van der Waals surface area contributed by atoms with Crippen molar-refractivity contribution in [3.05, 3.63) is 0 Å². The first-order valence-corrected chi connectivity index (χ1v) is 5.19. The van der Waals surface area contributed by atoms with Crippen LogP contribution in [0.1, 0.15) is 25.7 Å². The Morgan fingerprint density at radius 3 is 2.40 bits per heavy atom. The summed E-state index contributed by atoms with van der Waals surface area (Å²) in [6.07, 6.45) is 2.94. The van der Waals surface area contributed by atoms with Gasteiger partial charge in [-0.25, -0.2) is 0 Å². The van der Waals surface area contributed by atoms with Gasteiger partial charge in [0.25, 0.3) is 0 Å². The van der Waals surface area contributed by atoms with Crippen molar-refractivity contribution in [1.29, 1.82) is 0 Å². The molecule has 0 aromatic heterocycles. The Morgan fingerprint density at radius 2 is 2.00 bits per heavy atom. The Balaban J connectivity index is 2.21. The number of nitrogens with zero attached hydrogens (tertiary/aromatic N) is 1. The van der Waals surface area contributed by atoms with Gasteiger partial charge in [0.05, 0.1) is 0 Å². The molecule has 86 valence electrons. The fourth-order valence-corrected chi connectivity index (χ4v) is 1.44. The first kappa shape index (κ1) is 12.0. The minimum absolute atomic E-state index is 0.0942. The first-order valence-electron chi connectivity index (χ1n) is 5.19. The highest BCUT2D eigenvalue weighted by Gasteiger charge is 2.32. The summed E-state index contributed by atoms with van der Waals surface area (Å²) in [6.45, 7) is 0.479. The van der Waals surface area contributed by atoms with E-state index in [0.717, 1.165) is 19.3 Å². The van der Waals surface area contributed by atoms with Crippen molar-refractivity contribution < 1.29 is 9.59 Å². The maximum Gasteiger partial charge on any atom is 0.231 e. The molecule has 1 aliphatic rings. The van der Waals surface area contributed by atoms with Gasteiger partial charge in [-0.05, 0) is 19.3 Å². The van der Waals surface area contributed by atoms with E-state index >= 15 is 0 Å². The molecule has 1 rings (SSSR count). The van der Waals surface area contributed by atoms with Crippen molar-refractivity contribution in [2.75, 3.05) is 20.6 Å². The molecule has 0 heterocycles. The van der Waals surface area contributed by atoms with Crippen LogP contribution in [-0.2, 0) is 9.59 Å². The second-order valence-corrected chi connectivity index (χ2v) is 4.46. The molecule has 0 bridgehead atoms. The van der Waals surface area contributed by atoms with E-state index in [1.807, 2.05) is 0 Å². The van der Waals surface area contributed by atoms with E-state index in [-0.39, 0.29) is 23.8 Å². The Bertz CT molecular complexity index is 259. The number of hydrogen-bond donors (Lipinski definition) is 2. The molecule has 15 heavy (non-hydrogen) atoms. The normalized spacial score (nSPS) is 17.8. The fourth-order valence-electron chi connectivity index (χ4n) is 1.44. The number of rotatable bonds is 4. The molecule has 2 amide bonds. The van der Waals surface area contributed by atoms with E-state index in [1.54, 1.807) is 14.1 Å². The summed E-state index contributed by atoms with van der Waals surface area (Å²) in [4.78, 5) is 23.9. The smallest absolute Gasteiger partial charge is 0.231 e. The molecule has 0 aliphatic heterocycles. The number of nitrogens with two attached hydrogens (primary N) is 1. The zero-order chi connectivity index (χ0) is 11.5. The molecule has 1 aliphatic carbocycles. The topological polar surface area (TPSA) is 75.4 Å². The Hall–Kier alpha value is -1.10. The summed E-state index contributed by atoms with van der Waals surface area (Å²) >= 11 is 0. The number of hydrogen-bond acceptors (Lipinski definition) is 3. The van der Waals surface area contributed by atoms with E-state index < -0.39 is 0 Å². The van der Waals surface area contributed by atoms with Crippen molar-refractivity contribution >= 4 is 11.8 Å². The van der Waals surface area contributed by atoms with Gasteiger partial charge >= 0.3 is 0 Å². The van der Waals surface area contributed by atoms with Crippen LogP contribution in [0.25, 0.3) is 0 Å². The summed E-state index contributed by atoms with van der Waals surface area (Å²) in [7, 11) is 3.26. The molecular formula is C10H19N3O2. The zero-order valence-electron chi connectivity index (χ0n) is 9.38. The van der Waals surface area contributed by atoms with Gasteiger partial charge in [-0.1, -0.05) is 0 Å². The van der Waals surface area contributed by atoms with Gasteiger partial charge in [-0.2, -0.15) is 0 Å². The van der Waals surface area contributed by atoms with Crippen molar-refractivity contribution in [3.8, 4) is 0 Å². The molecule has 0 saturated heterocycles. The van der Waals surface area contributed by atoms with Gasteiger partial charge in [0.2, 0.25) is 11.8 Å². The Morgan fingerprint density at radius 1 is 1.40 bits per heavy atom. The van der Waals surface area contributed by atoms with Gasteiger partial charge in [0.15, 0.2) is 0 Å². The second kappa shape index (κ2) is 4.61. The van der Waals surface area contributed by atoms with Crippen molar-refractivity contribution in [2.45, 2.75) is 31.2 Å². The molecule has 1 fully saturated rings. The Kier molecular flexibility index (Phi) is 3.68. The minimum atomic E-state index is -0.245. The summed E-state index contributed by atoms with van der Waals surface area (Å²) in [5.74, 6) is -0.433. The molecule has 0 atom stereocenters. The highest BCUT2D eigenvalue weighted by atomic mass is 16.2. The van der Waals surface area contributed by atoms with Crippen LogP contribution >= 0.6 is 0 Å². The van der Waals surface area contributed by atoms with Crippen LogP contribution in [0.15, 0.2) is 0 Å². The molecule has 1 saturated carbocycles. The van der Waals surface area contributed by atoms with Crippen LogP contribution < -0.4 is 11.1 Å². The lowest BCUT2D eigenvalue weighted by molar-refractivity contribution is -0.134. The van der Waals surface area contributed by atoms with E-state index in [0.29, 0.717) is 6.54 Å². The van der Waals surface area contributed by atoms with Crippen LogP contribution in [0.4, 0.5) is 0 Å². The van der Waals surface area contributed by atoms with Gasteiger partial charge in [-0.15, -0.1) is 0 Å². The molecule has 5 heteroatoms. The second-order valence-electron chi connectivity index (χ2n) is 4.46. The van der Waals surface area contributed by atoms with Crippen LogP contribution in [0, 0.1) is 0 Å². The largest absolute Gasteiger partial charge is 0.354 e. The SMILES string of the molecule is CN(C)C(=O)CC(=O)NCC1(N)CCC1. The van der Waals surface area contributed by atoms with Gasteiger partial charge < -0.3 is 16.0 Å². The standard InChI is InChI=1S/C10H19N3O2/c1-13(2)9(15)6-8(14)12-7-10(11)4-3-5-10/h3-7,11H2,1-2H3,(H,12,14). The number of nitrogens with one attached hydrogen (secondary N) is 1. The average Bonchev–Trinajstić information content (AvgIpc) is 2.11. The molecule has 0 unspecified atom stereocenters. The van der Waals surface area contributed by atoms with Gasteiger partial charge in [0.1, 0.15) is 6.42 Å². The summed E-state index contributed by atoms with van der Waals surface area (Å²) in [6, 6.07) is 0. The molecule has 5 nitrogen and oxygen atoms in total. The van der Waals surface area contributed by atoms with E-state index in [1.165, 1.54) is 4.90 Å². The summed E-state index contributed by atoms with van der Waals surface area (Å²) in [5.41, 5.74) is 5.71. The third-order valence-electron chi connectivity index (χ3n) is 2.80. The third-order valence-corrected chi connectivity index (χ3v) is 2.80. The molecular weight excluding hydrogens is 194 g/mol. The Labute approximate surface area is 90.0 Å². The van der Waals surface area contributed by atoms with Gasteiger partial charge in [0, 0.05) is 26.2 Å². The predicted molar refractivity (Wildman–Crippen MR) is 57.1 cm³/mol. The maximum atomic E-state index is 11.3.